The molecular weight excluding hydrogens is 1370 g/mol. The quantitative estimate of drug-likeness (QED) is 0.0442. The number of benzene rings is 2. The Hall–Kier alpha value is -9.18. The number of carbonyl (C=O) groups is 15. The summed E-state index contributed by atoms with van der Waals surface area (Å²) in [7, 11) is 3.43. The third-order valence-electron chi connectivity index (χ3n) is 15.6. The van der Waals surface area contributed by atoms with Crippen molar-refractivity contribution in [1.82, 2.24) is 73.4 Å². The van der Waals surface area contributed by atoms with Crippen LogP contribution in [-0.2, 0) is 91.2 Å². The summed E-state index contributed by atoms with van der Waals surface area (Å²) in [4.78, 5) is 218. The summed E-state index contributed by atoms with van der Waals surface area (Å²) in [5.41, 5.74) is 24.7. The predicted octanol–water partition coefficient (Wildman–Crippen LogP) is -5.80. The minimum Gasteiger partial charge on any atom is -0.508 e. The van der Waals surface area contributed by atoms with E-state index >= 15 is 0 Å². The highest BCUT2D eigenvalue weighted by Gasteiger charge is 2.41. The second-order valence-electron chi connectivity index (χ2n) is 23.3. The van der Waals surface area contributed by atoms with Gasteiger partial charge in [-0.05, 0) is 75.3 Å². The molecule has 6 rings (SSSR count). The van der Waals surface area contributed by atoms with Crippen molar-refractivity contribution in [2.75, 3.05) is 42.6 Å². The van der Waals surface area contributed by atoms with E-state index in [1.165, 1.54) is 48.6 Å². The Balaban J connectivity index is 1.44. The number of fused-ring (bicyclic) bond motifs is 9. The number of carbonyl (C=O) groups excluding carboxylic acids is 14. The summed E-state index contributed by atoms with van der Waals surface area (Å²) in [5, 5.41) is 47.4. The number of aromatic nitrogens is 2. The molecule has 14 amide bonds. The number of primary amides is 2. The standard InChI is InChI=1S/C60H82N18O17S4/c1-30-50(85)75-42-26-97-99-27-43(76-51(86)35(62)18-32-12-14-34(79)15-13-32)58(93)77-44(57(92)73-40(20-33-23-65-29-67-33)60(95)78-17-7-11-45(78)59(94)68-30)28-98-96-25-41(49(64)84)74-56(91)39(22-48(82)83)72-54(89)37(19-31-8-3-2-4-9-31)70-55(90)38(21-46(63)80)71-53(88)36(10-5-6-16-61)69-47(81)24-66-52(42)87/h2-4,8-9,12-15,23,29-30,35-45,79H,5-7,10-11,16-22,24-28,61-62H2,1H3,(H2,63,80)(H2,64,84)(H,65,67)(H,66,87)(H,68,94)(H,69,81)(H,70,90)(H,71,88)(H,72,89)(H,73,92)(H,74,91)(H,75,85)(H,76,86)(H,77,93)(H,82,83)/t30-,35-,36-,37-,38?,39-,40-,41-,42-,43-,44-,45-/m0/s1. The minimum absolute atomic E-state index is 0.00204. The topological polar surface area (TPSA) is 565 Å². The Kier molecular flexibility index (Phi) is 31.4. The lowest BCUT2D eigenvalue weighted by Gasteiger charge is -2.31. The first-order valence-corrected chi connectivity index (χ1v) is 36.3. The number of nitrogens with zero attached hydrogens (tertiary/aromatic N) is 2. The van der Waals surface area contributed by atoms with Crippen LogP contribution in [0.1, 0.15) is 68.7 Å². The molecule has 39 heteroatoms. The molecule has 0 saturated carbocycles. The minimum atomic E-state index is -1.99. The molecule has 2 bridgehead atoms. The molecule has 538 valence electrons. The number of aromatic amines is 1. The first-order valence-electron chi connectivity index (χ1n) is 31.3. The molecule has 3 aliphatic heterocycles. The van der Waals surface area contributed by atoms with Crippen molar-refractivity contribution in [1.29, 1.82) is 0 Å². The largest absolute Gasteiger partial charge is 0.508 e. The van der Waals surface area contributed by atoms with Gasteiger partial charge in [-0.2, -0.15) is 0 Å². The number of hydrogen-bond acceptors (Lipinski definition) is 23. The molecule has 3 aliphatic rings. The van der Waals surface area contributed by atoms with E-state index in [2.05, 4.69) is 68.5 Å². The molecule has 3 saturated heterocycles. The van der Waals surface area contributed by atoms with E-state index in [0.29, 0.717) is 29.7 Å². The fraction of sp³-hybridized carbons (Fsp3) is 0.500. The number of rotatable bonds is 17. The summed E-state index contributed by atoms with van der Waals surface area (Å²) in [6, 6.07) is -5.12. The summed E-state index contributed by atoms with van der Waals surface area (Å²) in [6.45, 7) is 0.595. The third-order valence-corrected chi connectivity index (χ3v) is 20.4. The maximum atomic E-state index is 14.9. The number of phenolic OH excluding ortho intramolecular Hbond substituents is 1. The van der Waals surface area contributed by atoms with Gasteiger partial charge < -0.3 is 102 Å². The van der Waals surface area contributed by atoms with Crippen molar-refractivity contribution in [2.24, 2.45) is 22.9 Å². The summed E-state index contributed by atoms with van der Waals surface area (Å²) < 4.78 is 0. The van der Waals surface area contributed by atoms with Crippen molar-refractivity contribution in [3.8, 4) is 5.75 Å². The number of nitrogens with two attached hydrogens (primary N) is 4. The number of aliphatic carboxylic acids is 1. The Labute approximate surface area is 583 Å². The van der Waals surface area contributed by atoms with Gasteiger partial charge in [0.25, 0.3) is 0 Å². The van der Waals surface area contributed by atoms with E-state index in [-0.39, 0.29) is 68.9 Å². The highest BCUT2D eigenvalue weighted by Crippen LogP contribution is 2.27. The van der Waals surface area contributed by atoms with Crippen molar-refractivity contribution >= 4 is 132 Å². The third kappa shape index (κ3) is 25.6. The molecule has 22 N–H and O–H groups in total. The second kappa shape index (κ2) is 39.4. The van der Waals surface area contributed by atoms with Crippen LogP contribution in [0.25, 0.3) is 0 Å². The Morgan fingerprint density at radius 2 is 1.24 bits per heavy atom. The van der Waals surface area contributed by atoms with Crippen LogP contribution in [0.4, 0.5) is 0 Å². The number of imidazole rings is 1. The monoisotopic (exact) mass is 1450 g/mol. The van der Waals surface area contributed by atoms with Gasteiger partial charge >= 0.3 is 5.97 Å². The van der Waals surface area contributed by atoms with E-state index in [1.54, 1.807) is 30.3 Å². The number of carboxylic acids is 1. The molecule has 3 aromatic rings. The number of aromatic hydroxyl groups is 1. The van der Waals surface area contributed by atoms with E-state index < -0.39 is 192 Å². The van der Waals surface area contributed by atoms with Crippen molar-refractivity contribution < 1.29 is 82.1 Å². The molecule has 99 heavy (non-hydrogen) atoms. The molecule has 0 spiro atoms. The molecule has 1 aromatic heterocycles. The van der Waals surface area contributed by atoms with E-state index in [0.717, 1.165) is 43.2 Å². The number of phenols is 1. The SMILES string of the molecule is C[C@@H]1NC(=O)[C@@H]2CCCN2C(=O)[C@H](Cc2cnc[nH]2)NC(=O)[C@@H]2CSSC[C@@H](C(N)=O)NC(=O)[C@H](CC(=O)O)NC(=O)[C@H](Cc3ccccc3)NC(=O)C(CC(N)=O)NC(=O)[C@H](CCCCN)NC(=O)CNC(=O)[C@H](CSSC[C@H](NC(=O)[C@@H](N)Cc3ccc(O)cc3)C(=O)N2)NC1=O. The van der Waals surface area contributed by atoms with Crippen molar-refractivity contribution in [3.05, 3.63) is 83.9 Å². The average molecular weight is 1460 g/mol. The summed E-state index contributed by atoms with van der Waals surface area (Å²) in [5.74, 6) is -17.5. The van der Waals surface area contributed by atoms with Gasteiger partial charge in [-0.15, -0.1) is 0 Å². The fourth-order valence-electron chi connectivity index (χ4n) is 10.2. The molecule has 4 heterocycles. The zero-order valence-electron chi connectivity index (χ0n) is 53.7. The molecule has 0 aliphatic carbocycles. The van der Waals surface area contributed by atoms with Crippen LogP contribution in [-0.4, -0.2) is 229 Å². The Morgan fingerprint density at radius 1 is 0.636 bits per heavy atom. The van der Waals surface area contributed by atoms with Crippen LogP contribution in [0.5, 0.6) is 5.75 Å². The van der Waals surface area contributed by atoms with Gasteiger partial charge in [-0.3, -0.25) is 71.9 Å². The maximum absolute atomic E-state index is 14.9. The maximum Gasteiger partial charge on any atom is 0.305 e. The number of hydrogen-bond donors (Lipinski definition) is 18. The summed E-state index contributed by atoms with van der Waals surface area (Å²) >= 11 is 0. The smallest absolute Gasteiger partial charge is 0.305 e. The highest BCUT2D eigenvalue weighted by molar-refractivity contribution is 8.77. The van der Waals surface area contributed by atoms with E-state index in [9.17, 15) is 82.1 Å². The normalized spacial score (nSPS) is 25.6. The predicted molar refractivity (Wildman–Crippen MR) is 363 cm³/mol. The Morgan fingerprint density at radius 3 is 1.89 bits per heavy atom. The summed E-state index contributed by atoms with van der Waals surface area (Å²) in [6.07, 6.45) is 0.808. The van der Waals surface area contributed by atoms with Crippen LogP contribution in [0.3, 0.4) is 0 Å². The van der Waals surface area contributed by atoms with Gasteiger partial charge in [-0.1, -0.05) is 85.6 Å². The first kappa shape index (κ1) is 78.8. The van der Waals surface area contributed by atoms with Crippen LogP contribution >= 0.6 is 43.2 Å². The molecule has 12 atom stereocenters. The van der Waals surface area contributed by atoms with Crippen LogP contribution < -0.4 is 81.4 Å². The van der Waals surface area contributed by atoms with Crippen LogP contribution in [0, 0.1) is 0 Å². The lowest BCUT2D eigenvalue weighted by Crippen LogP contribution is -2.61. The second-order valence-corrected chi connectivity index (χ2v) is 28.4. The highest BCUT2D eigenvalue weighted by atomic mass is 33.1. The van der Waals surface area contributed by atoms with E-state index in [1.807, 2.05) is 0 Å². The number of H-pyrrole nitrogens is 1. The number of amides is 14. The molecular formula is C60H82N18O17S4. The van der Waals surface area contributed by atoms with Gasteiger partial charge in [0.15, 0.2) is 0 Å². The van der Waals surface area contributed by atoms with E-state index in [4.69, 9.17) is 22.9 Å². The lowest BCUT2D eigenvalue weighted by molar-refractivity contribution is -0.142. The zero-order valence-corrected chi connectivity index (χ0v) is 56.9. The van der Waals surface area contributed by atoms with Crippen molar-refractivity contribution in [2.45, 2.75) is 144 Å². The molecule has 35 nitrogen and oxygen atoms in total. The zero-order chi connectivity index (χ0) is 72.3. The number of unbranched alkanes of at least 4 members (excludes halogenated alkanes) is 1. The lowest BCUT2D eigenvalue weighted by atomic mass is 10.0. The number of carboxylic acid groups (broad SMARTS) is 1. The molecule has 0 radical (unpaired) electrons. The molecule has 3 fully saturated rings. The first-order chi connectivity index (χ1) is 47.2. The Bertz CT molecular complexity index is 3380. The van der Waals surface area contributed by atoms with Crippen LogP contribution in [0.2, 0.25) is 0 Å². The van der Waals surface area contributed by atoms with Gasteiger partial charge in [0.2, 0.25) is 82.7 Å². The molecule has 2 aromatic carbocycles. The van der Waals surface area contributed by atoms with Gasteiger partial charge in [0.05, 0.1) is 31.8 Å². The molecule has 1 unspecified atom stereocenters. The number of nitrogens with one attached hydrogen (secondary N) is 12. The van der Waals surface area contributed by atoms with Crippen molar-refractivity contribution in [3.63, 3.8) is 0 Å². The van der Waals surface area contributed by atoms with Gasteiger partial charge in [-0.25, -0.2) is 4.98 Å². The van der Waals surface area contributed by atoms with Gasteiger partial charge in [0.1, 0.15) is 72.2 Å². The average Bonchev–Trinajstić information content (AvgIpc) is 1.76. The fourth-order valence-corrected chi connectivity index (χ4v) is 14.9. The van der Waals surface area contributed by atoms with Gasteiger partial charge in [0, 0.05) is 54.3 Å². The van der Waals surface area contributed by atoms with Crippen LogP contribution in [0.15, 0.2) is 67.1 Å².